The first-order chi connectivity index (χ1) is 12.9. The van der Waals surface area contributed by atoms with Gasteiger partial charge in [-0.05, 0) is 68.1 Å². The fourth-order valence-corrected chi connectivity index (χ4v) is 6.86. The molecule has 0 radical (unpaired) electrons. The Kier molecular flexibility index (Phi) is 3.94. The van der Waals surface area contributed by atoms with Crippen LogP contribution in [0.5, 0.6) is 0 Å². The number of nitrogens with zero attached hydrogens (tertiary/aromatic N) is 1. The number of carbonyl (C=O) groups is 2. The lowest BCUT2D eigenvalue weighted by Crippen LogP contribution is -2.57. The lowest BCUT2D eigenvalue weighted by atomic mass is 9.49. The molecule has 0 aromatic heterocycles. The van der Waals surface area contributed by atoms with Gasteiger partial charge in [0.25, 0.3) is 0 Å². The van der Waals surface area contributed by atoms with Crippen molar-refractivity contribution in [2.75, 3.05) is 18.5 Å². The Bertz CT molecular complexity index is 764. The SMILES string of the molecule is O=C1OCCN1Cc1ccc(NC(=O)C23CC4CC(CC(Cl)(C4)C2)C3)cc1. The van der Waals surface area contributed by atoms with Crippen LogP contribution in [-0.2, 0) is 16.1 Å². The van der Waals surface area contributed by atoms with Gasteiger partial charge < -0.3 is 15.0 Å². The average molecular weight is 389 g/mol. The van der Waals surface area contributed by atoms with E-state index in [1.165, 1.54) is 6.42 Å². The largest absolute Gasteiger partial charge is 0.448 e. The molecule has 1 heterocycles. The Morgan fingerprint density at radius 2 is 1.89 bits per heavy atom. The zero-order valence-electron chi connectivity index (χ0n) is 15.4. The van der Waals surface area contributed by atoms with E-state index in [1.807, 2.05) is 24.3 Å². The Morgan fingerprint density at radius 1 is 1.19 bits per heavy atom. The van der Waals surface area contributed by atoms with E-state index >= 15 is 0 Å². The van der Waals surface area contributed by atoms with Crippen molar-refractivity contribution in [3.05, 3.63) is 29.8 Å². The molecule has 5 aliphatic rings. The quantitative estimate of drug-likeness (QED) is 0.788. The van der Waals surface area contributed by atoms with Crippen LogP contribution < -0.4 is 5.32 Å². The molecule has 4 aliphatic carbocycles. The van der Waals surface area contributed by atoms with Gasteiger partial charge in [-0.15, -0.1) is 11.6 Å². The summed E-state index contributed by atoms with van der Waals surface area (Å²) < 4.78 is 4.96. The number of ether oxygens (including phenoxy) is 1. The zero-order valence-corrected chi connectivity index (χ0v) is 16.1. The summed E-state index contributed by atoms with van der Waals surface area (Å²) in [6.07, 6.45) is 5.93. The zero-order chi connectivity index (χ0) is 18.6. The Hall–Kier alpha value is -1.75. The predicted molar refractivity (Wildman–Crippen MR) is 103 cm³/mol. The van der Waals surface area contributed by atoms with E-state index in [0.29, 0.717) is 31.5 Å². The van der Waals surface area contributed by atoms with Crippen molar-refractivity contribution in [2.45, 2.75) is 49.9 Å². The van der Waals surface area contributed by atoms with Crippen LogP contribution in [-0.4, -0.2) is 34.9 Å². The molecule has 5 nitrogen and oxygen atoms in total. The lowest BCUT2D eigenvalue weighted by molar-refractivity contribution is -0.138. The third kappa shape index (κ3) is 3.10. The summed E-state index contributed by atoms with van der Waals surface area (Å²) in [4.78, 5) is 26.3. The predicted octanol–water partition coefficient (Wildman–Crippen LogP) is 4.16. The molecule has 144 valence electrons. The van der Waals surface area contributed by atoms with Crippen molar-refractivity contribution in [3.63, 3.8) is 0 Å². The molecular formula is C21H25ClN2O3. The van der Waals surface area contributed by atoms with Gasteiger partial charge in [-0.1, -0.05) is 12.1 Å². The Labute approximate surface area is 164 Å². The summed E-state index contributed by atoms with van der Waals surface area (Å²) in [5, 5.41) is 3.14. The molecule has 6 rings (SSSR count). The first-order valence-electron chi connectivity index (χ1n) is 9.94. The Balaban J connectivity index is 1.27. The van der Waals surface area contributed by atoms with Gasteiger partial charge >= 0.3 is 6.09 Å². The average Bonchev–Trinajstić information content (AvgIpc) is 2.99. The van der Waals surface area contributed by atoms with E-state index in [4.69, 9.17) is 16.3 Å². The summed E-state index contributed by atoms with van der Waals surface area (Å²) in [6, 6.07) is 7.77. The third-order valence-electron chi connectivity index (χ3n) is 6.90. The maximum Gasteiger partial charge on any atom is 0.410 e. The second kappa shape index (κ2) is 6.13. The van der Waals surface area contributed by atoms with Crippen LogP contribution >= 0.6 is 11.6 Å². The van der Waals surface area contributed by atoms with Crippen molar-refractivity contribution >= 4 is 29.3 Å². The molecule has 1 N–H and O–H groups in total. The summed E-state index contributed by atoms with van der Waals surface area (Å²) in [5.74, 6) is 1.35. The molecule has 1 aromatic rings. The monoisotopic (exact) mass is 388 g/mol. The van der Waals surface area contributed by atoms with Gasteiger partial charge in [0.1, 0.15) is 6.61 Å². The molecule has 5 fully saturated rings. The van der Waals surface area contributed by atoms with Gasteiger partial charge in [0.15, 0.2) is 0 Å². The van der Waals surface area contributed by atoms with Gasteiger partial charge in [-0.3, -0.25) is 4.79 Å². The highest BCUT2D eigenvalue weighted by Crippen LogP contribution is 2.64. The van der Waals surface area contributed by atoms with E-state index in [-0.39, 0.29) is 22.3 Å². The van der Waals surface area contributed by atoms with E-state index < -0.39 is 0 Å². The van der Waals surface area contributed by atoms with Crippen LogP contribution in [0.3, 0.4) is 0 Å². The molecule has 1 aromatic carbocycles. The summed E-state index contributed by atoms with van der Waals surface area (Å²) in [6.45, 7) is 1.62. The number of carbonyl (C=O) groups excluding carboxylic acids is 2. The van der Waals surface area contributed by atoms with Gasteiger partial charge in [-0.25, -0.2) is 4.79 Å². The van der Waals surface area contributed by atoms with Crippen molar-refractivity contribution in [1.82, 2.24) is 4.90 Å². The van der Waals surface area contributed by atoms with Crippen molar-refractivity contribution < 1.29 is 14.3 Å². The second-order valence-corrected chi connectivity index (χ2v) is 9.88. The number of anilines is 1. The number of rotatable bonds is 4. The first-order valence-corrected chi connectivity index (χ1v) is 10.3. The van der Waals surface area contributed by atoms with Crippen LogP contribution in [0.4, 0.5) is 10.5 Å². The highest BCUT2D eigenvalue weighted by atomic mass is 35.5. The smallest absolute Gasteiger partial charge is 0.410 e. The minimum Gasteiger partial charge on any atom is -0.448 e. The fourth-order valence-electron chi connectivity index (χ4n) is 6.16. The minimum atomic E-state index is -0.288. The van der Waals surface area contributed by atoms with Gasteiger partial charge in [0, 0.05) is 17.1 Å². The second-order valence-electron chi connectivity index (χ2n) is 9.08. The first kappa shape index (κ1) is 17.4. The van der Waals surface area contributed by atoms with E-state index in [0.717, 1.165) is 43.4 Å². The van der Waals surface area contributed by atoms with Crippen LogP contribution in [0, 0.1) is 17.3 Å². The van der Waals surface area contributed by atoms with Crippen LogP contribution in [0.2, 0.25) is 0 Å². The molecule has 6 heteroatoms. The maximum absolute atomic E-state index is 13.2. The van der Waals surface area contributed by atoms with Crippen molar-refractivity contribution in [1.29, 1.82) is 0 Å². The molecular weight excluding hydrogens is 364 g/mol. The molecule has 4 saturated carbocycles. The molecule has 2 amide bonds. The van der Waals surface area contributed by atoms with Crippen LogP contribution in [0.1, 0.15) is 44.1 Å². The number of nitrogens with one attached hydrogen (secondary N) is 1. The fraction of sp³-hybridized carbons (Fsp3) is 0.619. The number of alkyl halides is 1. The topological polar surface area (TPSA) is 58.6 Å². The summed E-state index contributed by atoms with van der Waals surface area (Å²) >= 11 is 6.86. The molecule has 2 atom stereocenters. The van der Waals surface area contributed by atoms with Crippen LogP contribution in [0.15, 0.2) is 24.3 Å². The number of benzene rings is 1. The molecule has 27 heavy (non-hydrogen) atoms. The van der Waals surface area contributed by atoms with Crippen LogP contribution in [0.25, 0.3) is 0 Å². The maximum atomic E-state index is 13.2. The van der Waals surface area contributed by atoms with E-state index in [9.17, 15) is 9.59 Å². The molecule has 2 unspecified atom stereocenters. The lowest BCUT2D eigenvalue weighted by Gasteiger charge is -2.59. The molecule has 1 saturated heterocycles. The third-order valence-corrected chi connectivity index (χ3v) is 7.34. The highest BCUT2D eigenvalue weighted by Gasteiger charge is 2.60. The van der Waals surface area contributed by atoms with Gasteiger partial charge in [0.2, 0.25) is 5.91 Å². The molecule has 4 bridgehead atoms. The number of halogens is 1. The van der Waals surface area contributed by atoms with Gasteiger partial charge in [0.05, 0.1) is 12.0 Å². The standard InChI is InChI=1S/C21H25ClN2O3/c22-21-10-15-7-16(11-21)9-20(8-15,13-21)18(25)23-17-3-1-14(2-4-17)12-24-5-6-27-19(24)26/h1-4,15-16H,5-13H2,(H,23,25). The molecule has 1 aliphatic heterocycles. The normalized spacial score (nSPS) is 36.8. The number of hydrogen-bond acceptors (Lipinski definition) is 3. The number of hydrogen-bond donors (Lipinski definition) is 1. The van der Waals surface area contributed by atoms with E-state index in [1.54, 1.807) is 4.90 Å². The molecule has 0 spiro atoms. The Morgan fingerprint density at radius 3 is 2.48 bits per heavy atom. The number of cyclic esters (lactones) is 1. The minimum absolute atomic E-state index is 0.137. The van der Waals surface area contributed by atoms with Crippen molar-refractivity contribution in [3.8, 4) is 0 Å². The van der Waals surface area contributed by atoms with Crippen molar-refractivity contribution in [2.24, 2.45) is 17.3 Å². The highest BCUT2D eigenvalue weighted by molar-refractivity contribution is 6.24. The summed E-state index contributed by atoms with van der Waals surface area (Å²) in [5.41, 5.74) is 1.55. The van der Waals surface area contributed by atoms with E-state index in [2.05, 4.69) is 5.32 Å². The number of amides is 2. The summed E-state index contributed by atoms with van der Waals surface area (Å²) in [7, 11) is 0. The van der Waals surface area contributed by atoms with Gasteiger partial charge in [-0.2, -0.15) is 0 Å².